The molecule has 3 atom stereocenters. The lowest BCUT2D eigenvalue weighted by Crippen LogP contribution is -2.41. The number of nitrogens with zero attached hydrogens (tertiary/aromatic N) is 1. The van der Waals surface area contributed by atoms with Gasteiger partial charge in [-0.25, -0.2) is 13.1 Å². The van der Waals surface area contributed by atoms with Crippen LogP contribution in [0.1, 0.15) is 13.8 Å². The number of likely N-dealkylation sites (tertiary alicyclic amines) is 1. The van der Waals surface area contributed by atoms with Crippen molar-refractivity contribution in [3.8, 4) is 0 Å². The molecule has 1 aliphatic rings. The van der Waals surface area contributed by atoms with Crippen LogP contribution in [0.3, 0.4) is 0 Å². The fourth-order valence-corrected chi connectivity index (χ4v) is 2.61. The highest BCUT2D eigenvalue weighted by Gasteiger charge is 2.41. The average Bonchev–Trinajstić information content (AvgIpc) is 2.36. The van der Waals surface area contributed by atoms with Crippen LogP contribution in [0.15, 0.2) is 0 Å². The molecule has 16 heavy (non-hydrogen) atoms. The Hall–Kier alpha value is -0.660. The highest BCUT2D eigenvalue weighted by Crippen LogP contribution is 2.28. The van der Waals surface area contributed by atoms with Crippen molar-refractivity contribution < 1.29 is 18.3 Å². The summed E-state index contributed by atoms with van der Waals surface area (Å²) in [6, 6.07) is -0.151. The molecular weight excluding hydrogens is 232 g/mol. The first-order valence-electron chi connectivity index (χ1n) is 5.14. The lowest BCUT2D eigenvalue weighted by Gasteiger charge is -2.22. The van der Waals surface area contributed by atoms with Gasteiger partial charge in [0.05, 0.1) is 18.8 Å². The van der Waals surface area contributed by atoms with E-state index in [4.69, 9.17) is 5.11 Å². The molecule has 2 N–H and O–H groups in total. The Kier molecular flexibility index (Phi) is 3.92. The third-order valence-electron chi connectivity index (χ3n) is 3.05. The third kappa shape index (κ3) is 3.16. The minimum Gasteiger partial charge on any atom is -0.481 e. The van der Waals surface area contributed by atoms with Gasteiger partial charge in [-0.05, 0) is 12.8 Å². The molecule has 1 fully saturated rings. The van der Waals surface area contributed by atoms with Crippen molar-refractivity contribution in [1.82, 2.24) is 9.62 Å². The number of hydrogen-bond donors (Lipinski definition) is 2. The summed E-state index contributed by atoms with van der Waals surface area (Å²) < 4.78 is 24.3. The predicted molar refractivity (Wildman–Crippen MR) is 59.3 cm³/mol. The summed E-state index contributed by atoms with van der Waals surface area (Å²) in [5, 5.41) is 9.03. The van der Waals surface area contributed by atoms with Gasteiger partial charge in [0, 0.05) is 12.6 Å². The molecule has 1 rings (SSSR count). The van der Waals surface area contributed by atoms with Crippen molar-refractivity contribution in [3.05, 3.63) is 0 Å². The maximum Gasteiger partial charge on any atom is 0.308 e. The number of carboxylic acid groups (broad SMARTS) is 1. The van der Waals surface area contributed by atoms with Crippen molar-refractivity contribution in [2.24, 2.45) is 11.8 Å². The minimum atomic E-state index is -3.23. The molecule has 1 heterocycles. The Balaban J connectivity index is 2.62. The molecule has 0 amide bonds. The van der Waals surface area contributed by atoms with Crippen LogP contribution in [-0.4, -0.2) is 49.9 Å². The SMILES string of the molecule is CC1CN(CNS(C)(=O)=O)C(C)C1C(=O)O. The first-order valence-corrected chi connectivity index (χ1v) is 7.03. The van der Waals surface area contributed by atoms with E-state index in [1.807, 2.05) is 18.7 Å². The van der Waals surface area contributed by atoms with Gasteiger partial charge in [0.1, 0.15) is 0 Å². The molecule has 0 spiro atoms. The molecule has 0 aromatic heterocycles. The van der Waals surface area contributed by atoms with E-state index in [-0.39, 0.29) is 18.6 Å². The quantitative estimate of drug-likeness (QED) is 0.704. The second-order valence-electron chi connectivity index (χ2n) is 4.43. The van der Waals surface area contributed by atoms with Gasteiger partial charge < -0.3 is 5.11 Å². The van der Waals surface area contributed by atoms with Crippen LogP contribution >= 0.6 is 0 Å². The number of carboxylic acids is 1. The lowest BCUT2D eigenvalue weighted by atomic mass is 9.93. The van der Waals surface area contributed by atoms with E-state index in [9.17, 15) is 13.2 Å². The Bertz CT molecular complexity index is 368. The van der Waals surface area contributed by atoms with E-state index < -0.39 is 21.9 Å². The molecule has 94 valence electrons. The zero-order valence-electron chi connectivity index (χ0n) is 9.67. The van der Waals surface area contributed by atoms with E-state index in [0.717, 1.165) is 6.26 Å². The van der Waals surface area contributed by atoms with Crippen molar-refractivity contribution in [1.29, 1.82) is 0 Å². The highest BCUT2D eigenvalue weighted by atomic mass is 32.2. The van der Waals surface area contributed by atoms with E-state index in [2.05, 4.69) is 4.72 Å². The second kappa shape index (κ2) is 4.68. The van der Waals surface area contributed by atoms with Crippen molar-refractivity contribution >= 4 is 16.0 Å². The maximum absolute atomic E-state index is 11.0. The topological polar surface area (TPSA) is 86.7 Å². The van der Waals surface area contributed by atoms with Gasteiger partial charge >= 0.3 is 5.97 Å². The van der Waals surface area contributed by atoms with Crippen molar-refractivity contribution in [2.45, 2.75) is 19.9 Å². The first-order chi connectivity index (χ1) is 7.22. The summed E-state index contributed by atoms with van der Waals surface area (Å²) in [4.78, 5) is 12.8. The van der Waals surface area contributed by atoms with Gasteiger partial charge in [-0.2, -0.15) is 0 Å². The van der Waals surface area contributed by atoms with Crippen LogP contribution in [0.4, 0.5) is 0 Å². The molecule has 0 saturated carbocycles. The Morgan fingerprint density at radius 3 is 2.44 bits per heavy atom. The predicted octanol–water partition coefficient (Wildman–Crippen LogP) is -0.466. The first kappa shape index (κ1) is 13.4. The summed E-state index contributed by atoms with van der Waals surface area (Å²) >= 11 is 0. The van der Waals surface area contributed by atoms with Crippen LogP contribution in [-0.2, 0) is 14.8 Å². The van der Waals surface area contributed by atoms with Crippen LogP contribution in [0.5, 0.6) is 0 Å². The zero-order valence-corrected chi connectivity index (χ0v) is 10.5. The molecule has 0 aliphatic carbocycles. The second-order valence-corrected chi connectivity index (χ2v) is 6.26. The normalized spacial score (nSPS) is 31.8. The fraction of sp³-hybridized carbons (Fsp3) is 0.889. The Morgan fingerprint density at radius 1 is 1.50 bits per heavy atom. The molecule has 7 heteroatoms. The number of sulfonamides is 1. The van der Waals surface area contributed by atoms with E-state index in [0.29, 0.717) is 6.54 Å². The van der Waals surface area contributed by atoms with E-state index in [1.165, 1.54) is 0 Å². The van der Waals surface area contributed by atoms with Crippen molar-refractivity contribution in [2.75, 3.05) is 19.5 Å². The largest absolute Gasteiger partial charge is 0.481 e. The average molecular weight is 250 g/mol. The number of hydrogen-bond acceptors (Lipinski definition) is 4. The molecule has 1 aliphatic heterocycles. The van der Waals surface area contributed by atoms with Gasteiger partial charge in [0.15, 0.2) is 0 Å². The standard InChI is InChI=1S/C9H18N2O4S/c1-6-4-11(5-10-16(3,14)15)7(2)8(6)9(12)13/h6-8,10H,4-5H2,1-3H3,(H,12,13). The summed E-state index contributed by atoms with van der Waals surface area (Å²) in [5.41, 5.74) is 0. The van der Waals surface area contributed by atoms with E-state index >= 15 is 0 Å². The molecule has 0 aromatic rings. The van der Waals surface area contributed by atoms with Crippen LogP contribution in [0.25, 0.3) is 0 Å². The summed E-state index contributed by atoms with van der Waals surface area (Å²) in [6.07, 6.45) is 1.09. The van der Waals surface area contributed by atoms with E-state index in [1.54, 1.807) is 0 Å². The van der Waals surface area contributed by atoms with Crippen LogP contribution in [0.2, 0.25) is 0 Å². The van der Waals surface area contributed by atoms with Crippen LogP contribution < -0.4 is 4.72 Å². The minimum absolute atomic E-state index is 0.0360. The number of carbonyl (C=O) groups is 1. The summed E-state index contributed by atoms with van der Waals surface area (Å²) in [6.45, 7) is 4.46. The third-order valence-corrected chi connectivity index (χ3v) is 3.70. The van der Waals surface area contributed by atoms with Gasteiger partial charge in [-0.3, -0.25) is 9.69 Å². The lowest BCUT2D eigenvalue weighted by molar-refractivity contribution is -0.143. The monoisotopic (exact) mass is 250 g/mol. The number of aliphatic carboxylic acids is 1. The van der Waals surface area contributed by atoms with Gasteiger partial charge in [-0.15, -0.1) is 0 Å². The smallest absolute Gasteiger partial charge is 0.308 e. The fourth-order valence-electron chi connectivity index (χ4n) is 2.21. The Labute approximate surface area is 95.7 Å². The van der Waals surface area contributed by atoms with Gasteiger partial charge in [0.2, 0.25) is 10.0 Å². The molecule has 0 radical (unpaired) electrons. The molecule has 1 saturated heterocycles. The number of rotatable bonds is 4. The van der Waals surface area contributed by atoms with Gasteiger partial charge in [-0.1, -0.05) is 6.92 Å². The maximum atomic E-state index is 11.0. The van der Waals surface area contributed by atoms with Gasteiger partial charge in [0.25, 0.3) is 0 Å². The highest BCUT2D eigenvalue weighted by molar-refractivity contribution is 7.88. The van der Waals surface area contributed by atoms with Crippen molar-refractivity contribution in [3.63, 3.8) is 0 Å². The zero-order chi connectivity index (χ0) is 12.5. The Morgan fingerprint density at radius 2 is 2.06 bits per heavy atom. The summed E-state index contributed by atoms with van der Waals surface area (Å²) in [7, 11) is -3.23. The molecule has 0 bridgehead atoms. The molecule has 0 aromatic carbocycles. The number of nitrogens with one attached hydrogen (secondary N) is 1. The molecular formula is C9H18N2O4S. The summed E-state index contributed by atoms with van der Waals surface area (Å²) in [5.74, 6) is -1.21. The molecule has 3 unspecified atom stereocenters. The molecule has 6 nitrogen and oxygen atoms in total. The van der Waals surface area contributed by atoms with Crippen LogP contribution in [0, 0.1) is 11.8 Å².